The minimum absolute atomic E-state index is 0.0785. The van der Waals surface area contributed by atoms with Crippen molar-refractivity contribution < 1.29 is 19.4 Å². The van der Waals surface area contributed by atoms with E-state index < -0.39 is 11.5 Å². The van der Waals surface area contributed by atoms with E-state index >= 15 is 0 Å². The topological polar surface area (TPSA) is 93.4 Å². The molecule has 0 saturated heterocycles. The van der Waals surface area contributed by atoms with Gasteiger partial charge in [0.2, 0.25) is 0 Å². The van der Waals surface area contributed by atoms with Gasteiger partial charge in [0.15, 0.2) is 5.69 Å². The highest BCUT2D eigenvalue weighted by atomic mass is 16.5. The number of nitrogens with one attached hydrogen (secondary N) is 1. The van der Waals surface area contributed by atoms with Gasteiger partial charge in [0, 0.05) is 23.8 Å². The van der Waals surface area contributed by atoms with Crippen molar-refractivity contribution >= 4 is 11.9 Å². The fourth-order valence-corrected chi connectivity index (χ4v) is 3.84. The first-order valence-corrected chi connectivity index (χ1v) is 8.77. The van der Waals surface area contributed by atoms with Gasteiger partial charge in [0.25, 0.3) is 0 Å². The van der Waals surface area contributed by atoms with Gasteiger partial charge < -0.3 is 9.84 Å². The first kappa shape index (κ1) is 17.0. The Bertz CT molecular complexity index is 649. The summed E-state index contributed by atoms with van der Waals surface area (Å²) in [6, 6.07) is 0.0785. The molecule has 0 aromatic carbocycles. The summed E-state index contributed by atoms with van der Waals surface area (Å²) < 4.78 is 7.02. The molecule has 1 aromatic rings. The van der Waals surface area contributed by atoms with Crippen LogP contribution in [0.3, 0.4) is 0 Å². The van der Waals surface area contributed by atoms with Crippen LogP contribution < -0.4 is 5.32 Å². The van der Waals surface area contributed by atoms with Gasteiger partial charge in [-0.25, -0.2) is 4.79 Å². The lowest BCUT2D eigenvalue weighted by Gasteiger charge is -2.43. The number of carboxylic acids is 1. The number of carbonyl (C=O) groups excluding carboxylic acids is 1. The molecule has 24 heavy (non-hydrogen) atoms. The van der Waals surface area contributed by atoms with Gasteiger partial charge in [-0.3, -0.25) is 14.8 Å². The monoisotopic (exact) mass is 335 g/mol. The number of fused-ring (bicyclic) bond motifs is 1. The fraction of sp³-hybridized carbons (Fsp3) is 0.706. The summed E-state index contributed by atoms with van der Waals surface area (Å²) in [5.74, 6) is -1.16. The highest BCUT2D eigenvalue weighted by molar-refractivity contribution is 5.87. The second-order valence-electron chi connectivity index (χ2n) is 6.63. The number of carbonyl (C=O) groups is 2. The van der Waals surface area contributed by atoms with Crippen LogP contribution in [0, 0.1) is 0 Å². The van der Waals surface area contributed by atoms with Crippen molar-refractivity contribution in [3.05, 3.63) is 17.0 Å². The summed E-state index contributed by atoms with van der Waals surface area (Å²) >= 11 is 0. The van der Waals surface area contributed by atoms with Crippen molar-refractivity contribution in [2.75, 3.05) is 6.61 Å². The molecule has 1 saturated carbocycles. The van der Waals surface area contributed by atoms with Crippen LogP contribution in [-0.4, -0.2) is 45.0 Å². The number of nitrogens with zero attached hydrogens (tertiary/aromatic N) is 2. The van der Waals surface area contributed by atoms with Crippen molar-refractivity contribution in [3.63, 3.8) is 0 Å². The molecule has 0 radical (unpaired) electrons. The molecular formula is C17H25N3O4. The number of aryl methyl sites for hydroxylation is 1. The van der Waals surface area contributed by atoms with Gasteiger partial charge in [-0.2, -0.15) is 5.10 Å². The minimum Gasteiger partial charge on any atom is -0.476 e. The number of aromatic nitrogens is 2. The van der Waals surface area contributed by atoms with Crippen LogP contribution in [0.25, 0.3) is 0 Å². The Morgan fingerprint density at radius 1 is 1.42 bits per heavy atom. The van der Waals surface area contributed by atoms with Crippen LogP contribution in [0.5, 0.6) is 0 Å². The Morgan fingerprint density at radius 3 is 2.71 bits per heavy atom. The number of esters is 1. The van der Waals surface area contributed by atoms with Gasteiger partial charge in [-0.05, 0) is 52.4 Å². The largest absolute Gasteiger partial charge is 0.476 e. The Hall–Kier alpha value is -1.89. The van der Waals surface area contributed by atoms with E-state index in [0.29, 0.717) is 19.6 Å². The summed E-state index contributed by atoms with van der Waals surface area (Å²) in [6.07, 6.45) is 4.83. The summed E-state index contributed by atoms with van der Waals surface area (Å²) in [4.78, 5) is 23.8. The Labute approximate surface area is 141 Å². The quantitative estimate of drug-likeness (QED) is 0.766. The van der Waals surface area contributed by atoms with E-state index in [4.69, 9.17) is 4.74 Å². The van der Waals surface area contributed by atoms with Gasteiger partial charge in [-0.1, -0.05) is 0 Å². The lowest BCUT2D eigenvalue weighted by molar-refractivity contribution is -0.155. The molecule has 1 aromatic heterocycles. The summed E-state index contributed by atoms with van der Waals surface area (Å²) in [5, 5.41) is 17.1. The van der Waals surface area contributed by atoms with Gasteiger partial charge in [-0.15, -0.1) is 0 Å². The SMILES string of the molecule is CCOC(=O)C1(N[C@H]2CCc3c(c(C(=O)O)nn3CC)C2)CCC1. The highest BCUT2D eigenvalue weighted by Gasteiger charge is 2.47. The molecule has 1 atom stereocenters. The van der Waals surface area contributed by atoms with Crippen LogP contribution in [0.4, 0.5) is 0 Å². The lowest BCUT2D eigenvalue weighted by atomic mass is 9.75. The Kier molecular flexibility index (Phi) is 4.62. The molecular weight excluding hydrogens is 310 g/mol. The van der Waals surface area contributed by atoms with Gasteiger partial charge >= 0.3 is 11.9 Å². The van der Waals surface area contributed by atoms with Crippen LogP contribution in [-0.2, 0) is 28.9 Å². The zero-order valence-corrected chi connectivity index (χ0v) is 14.3. The third-order valence-electron chi connectivity index (χ3n) is 5.20. The minimum atomic E-state index is -0.983. The van der Waals surface area contributed by atoms with Crippen molar-refractivity contribution in [1.29, 1.82) is 0 Å². The van der Waals surface area contributed by atoms with E-state index in [1.54, 1.807) is 4.68 Å². The van der Waals surface area contributed by atoms with E-state index in [1.165, 1.54) is 0 Å². The first-order valence-electron chi connectivity index (χ1n) is 8.77. The second-order valence-corrected chi connectivity index (χ2v) is 6.63. The summed E-state index contributed by atoms with van der Waals surface area (Å²) in [7, 11) is 0. The molecule has 0 bridgehead atoms. The predicted octanol–water partition coefficient (Wildman–Crippen LogP) is 1.53. The Morgan fingerprint density at radius 2 is 2.17 bits per heavy atom. The maximum Gasteiger partial charge on any atom is 0.356 e. The molecule has 0 unspecified atom stereocenters. The van der Waals surface area contributed by atoms with Gasteiger partial charge in [0.05, 0.1) is 6.61 Å². The third-order valence-corrected chi connectivity index (χ3v) is 5.20. The van der Waals surface area contributed by atoms with E-state index in [9.17, 15) is 14.7 Å². The van der Waals surface area contributed by atoms with Crippen molar-refractivity contribution in [3.8, 4) is 0 Å². The normalized spacial score (nSPS) is 21.7. The summed E-state index contributed by atoms with van der Waals surface area (Å²) in [6.45, 7) is 4.83. The number of ether oxygens (including phenoxy) is 1. The predicted molar refractivity (Wildman–Crippen MR) is 87.0 cm³/mol. The molecule has 7 heteroatoms. The average Bonchev–Trinajstić information content (AvgIpc) is 2.89. The zero-order valence-electron chi connectivity index (χ0n) is 14.3. The van der Waals surface area contributed by atoms with E-state index in [2.05, 4.69) is 10.4 Å². The molecule has 7 nitrogen and oxygen atoms in total. The van der Waals surface area contributed by atoms with Crippen LogP contribution in [0.15, 0.2) is 0 Å². The van der Waals surface area contributed by atoms with Crippen LogP contribution in [0.1, 0.15) is 61.3 Å². The first-order chi connectivity index (χ1) is 11.5. The summed E-state index contributed by atoms with van der Waals surface area (Å²) in [5.41, 5.74) is 1.40. The molecule has 1 fully saturated rings. The van der Waals surface area contributed by atoms with E-state index in [1.807, 2.05) is 13.8 Å². The Balaban J connectivity index is 1.78. The molecule has 0 amide bonds. The average molecular weight is 335 g/mol. The number of aromatic carboxylic acids is 1. The molecule has 1 heterocycles. The van der Waals surface area contributed by atoms with E-state index in [-0.39, 0.29) is 17.7 Å². The van der Waals surface area contributed by atoms with E-state index in [0.717, 1.165) is 43.4 Å². The molecule has 132 valence electrons. The molecule has 0 spiro atoms. The molecule has 2 aliphatic carbocycles. The maximum absolute atomic E-state index is 12.3. The zero-order chi connectivity index (χ0) is 17.3. The number of hydrogen-bond donors (Lipinski definition) is 2. The molecule has 2 N–H and O–H groups in total. The molecule has 0 aliphatic heterocycles. The third kappa shape index (κ3) is 2.81. The standard InChI is InChI=1S/C17H25N3O4/c1-3-20-13-7-6-11(10-12(13)14(19-20)15(21)22)18-17(8-5-9-17)16(23)24-4-2/h11,18H,3-10H2,1-2H3,(H,21,22)/t11-/m0/s1. The highest BCUT2D eigenvalue weighted by Crippen LogP contribution is 2.35. The molecule has 2 aliphatic rings. The van der Waals surface area contributed by atoms with Crippen molar-refractivity contribution in [1.82, 2.24) is 15.1 Å². The van der Waals surface area contributed by atoms with Gasteiger partial charge in [0.1, 0.15) is 5.54 Å². The van der Waals surface area contributed by atoms with Crippen LogP contribution >= 0.6 is 0 Å². The molecule has 3 rings (SSSR count). The fourth-order valence-electron chi connectivity index (χ4n) is 3.84. The number of hydrogen-bond acceptors (Lipinski definition) is 5. The maximum atomic E-state index is 12.3. The van der Waals surface area contributed by atoms with Crippen molar-refractivity contribution in [2.45, 2.75) is 70.5 Å². The lowest BCUT2D eigenvalue weighted by Crippen LogP contribution is -2.61. The number of carboxylic acid groups (broad SMARTS) is 1. The number of rotatable bonds is 6. The van der Waals surface area contributed by atoms with Crippen LogP contribution in [0.2, 0.25) is 0 Å². The smallest absolute Gasteiger partial charge is 0.356 e. The second kappa shape index (κ2) is 6.55. The van der Waals surface area contributed by atoms with Crippen molar-refractivity contribution in [2.24, 2.45) is 0 Å².